The Bertz CT molecular complexity index is 602. The fourth-order valence-corrected chi connectivity index (χ4v) is 2.13. The molecule has 1 aromatic heterocycles. The first kappa shape index (κ1) is 16.0. The van der Waals surface area contributed by atoms with E-state index in [1.165, 1.54) is 5.56 Å². The van der Waals surface area contributed by atoms with Crippen molar-refractivity contribution in [2.75, 3.05) is 32.6 Å². The second kappa shape index (κ2) is 8.14. The number of pyridine rings is 1. The highest BCUT2D eigenvalue weighted by molar-refractivity contribution is 5.93. The van der Waals surface area contributed by atoms with Crippen LogP contribution in [0.2, 0.25) is 0 Å². The van der Waals surface area contributed by atoms with Crippen LogP contribution in [-0.4, -0.2) is 43.0 Å². The lowest BCUT2D eigenvalue weighted by Gasteiger charge is -2.17. The van der Waals surface area contributed by atoms with Crippen LogP contribution in [0.5, 0.6) is 5.75 Å². The number of nitrogens with zero attached hydrogens (tertiary/aromatic N) is 2. The van der Waals surface area contributed by atoms with Gasteiger partial charge in [-0.25, -0.2) is 0 Å². The highest BCUT2D eigenvalue weighted by Gasteiger charge is 2.09. The Balaban J connectivity index is 1.81. The third-order valence-corrected chi connectivity index (χ3v) is 3.33. The van der Waals surface area contributed by atoms with E-state index in [1.807, 2.05) is 48.3 Å². The minimum Gasteiger partial charge on any atom is -0.495 e. The molecule has 5 nitrogen and oxygen atoms in total. The monoisotopic (exact) mass is 299 g/mol. The van der Waals surface area contributed by atoms with Gasteiger partial charge in [0, 0.05) is 18.9 Å². The summed E-state index contributed by atoms with van der Waals surface area (Å²) in [6.07, 6.45) is 4.45. The number of benzene rings is 1. The molecule has 5 heteroatoms. The van der Waals surface area contributed by atoms with Crippen molar-refractivity contribution < 1.29 is 9.53 Å². The fourth-order valence-electron chi connectivity index (χ4n) is 2.13. The van der Waals surface area contributed by atoms with Crippen molar-refractivity contribution in [2.45, 2.75) is 6.42 Å². The molecule has 0 fully saturated rings. The smallest absolute Gasteiger partial charge is 0.238 e. The number of methoxy groups -OCH3 is 1. The van der Waals surface area contributed by atoms with E-state index in [4.69, 9.17) is 4.74 Å². The minimum atomic E-state index is -0.0540. The number of nitrogens with one attached hydrogen (secondary N) is 1. The Labute approximate surface area is 130 Å². The summed E-state index contributed by atoms with van der Waals surface area (Å²) in [5.74, 6) is 0.608. The zero-order chi connectivity index (χ0) is 15.8. The van der Waals surface area contributed by atoms with Crippen LogP contribution < -0.4 is 10.1 Å². The molecule has 1 heterocycles. The highest BCUT2D eigenvalue weighted by Crippen LogP contribution is 2.22. The predicted molar refractivity (Wildman–Crippen MR) is 87.1 cm³/mol. The highest BCUT2D eigenvalue weighted by atomic mass is 16.5. The summed E-state index contributed by atoms with van der Waals surface area (Å²) in [4.78, 5) is 18.1. The molecule has 1 amide bonds. The number of hydrogen-bond acceptors (Lipinski definition) is 4. The molecule has 0 spiro atoms. The molecular formula is C17H21N3O2. The number of aromatic nitrogens is 1. The van der Waals surface area contributed by atoms with Crippen molar-refractivity contribution >= 4 is 11.6 Å². The van der Waals surface area contributed by atoms with Crippen LogP contribution in [0.4, 0.5) is 5.69 Å². The van der Waals surface area contributed by atoms with Crippen molar-refractivity contribution in [1.82, 2.24) is 9.88 Å². The van der Waals surface area contributed by atoms with Crippen LogP contribution in [0.3, 0.4) is 0 Å². The maximum atomic E-state index is 12.1. The van der Waals surface area contributed by atoms with Crippen LogP contribution in [0, 0.1) is 0 Å². The second-order valence-corrected chi connectivity index (χ2v) is 5.09. The van der Waals surface area contributed by atoms with E-state index in [-0.39, 0.29) is 5.91 Å². The van der Waals surface area contributed by atoms with E-state index in [1.54, 1.807) is 19.5 Å². The van der Waals surface area contributed by atoms with Crippen molar-refractivity contribution in [3.8, 4) is 5.75 Å². The number of carbonyl (C=O) groups excluding carboxylic acids is 1. The van der Waals surface area contributed by atoms with E-state index < -0.39 is 0 Å². The van der Waals surface area contributed by atoms with Crippen molar-refractivity contribution in [1.29, 1.82) is 0 Å². The van der Waals surface area contributed by atoms with Crippen molar-refractivity contribution in [3.63, 3.8) is 0 Å². The molecule has 0 aliphatic rings. The molecule has 0 atom stereocenters. The Morgan fingerprint density at radius 3 is 2.68 bits per heavy atom. The van der Waals surface area contributed by atoms with Gasteiger partial charge in [0.15, 0.2) is 0 Å². The van der Waals surface area contributed by atoms with E-state index in [2.05, 4.69) is 10.3 Å². The first-order valence-corrected chi connectivity index (χ1v) is 7.19. The Morgan fingerprint density at radius 2 is 1.95 bits per heavy atom. The summed E-state index contributed by atoms with van der Waals surface area (Å²) in [7, 11) is 3.52. The lowest BCUT2D eigenvalue weighted by molar-refractivity contribution is -0.117. The van der Waals surface area contributed by atoms with Gasteiger partial charge in [-0.1, -0.05) is 12.1 Å². The minimum absolute atomic E-state index is 0.0540. The number of carbonyl (C=O) groups is 1. The van der Waals surface area contributed by atoms with E-state index in [0.29, 0.717) is 18.0 Å². The van der Waals surface area contributed by atoms with Gasteiger partial charge in [-0.2, -0.15) is 0 Å². The number of para-hydroxylation sites is 2. The number of rotatable bonds is 7. The number of hydrogen-bond donors (Lipinski definition) is 1. The Kier molecular flexibility index (Phi) is 5.91. The number of likely N-dealkylation sites (N-methyl/N-ethyl adjacent to an activating group) is 1. The van der Waals surface area contributed by atoms with E-state index >= 15 is 0 Å². The van der Waals surface area contributed by atoms with Crippen LogP contribution in [0.25, 0.3) is 0 Å². The number of ether oxygens (including phenoxy) is 1. The first-order chi connectivity index (χ1) is 10.7. The molecule has 0 radical (unpaired) electrons. The summed E-state index contributed by atoms with van der Waals surface area (Å²) >= 11 is 0. The first-order valence-electron chi connectivity index (χ1n) is 7.19. The van der Waals surface area contributed by atoms with E-state index in [0.717, 1.165) is 13.0 Å². The molecule has 1 N–H and O–H groups in total. The van der Waals surface area contributed by atoms with Gasteiger partial charge in [0.25, 0.3) is 0 Å². The topological polar surface area (TPSA) is 54.5 Å². The molecule has 0 aliphatic carbocycles. The molecule has 116 valence electrons. The number of amides is 1. The third kappa shape index (κ3) is 4.86. The maximum Gasteiger partial charge on any atom is 0.238 e. The van der Waals surface area contributed by atoms with Gasteiger partial charge in [-0.15, -0.1) is 0 Å². The van der Waals surface area contributed by atoms with Gasteiger partial charge < -0.3 is 10.1 Å². The van der Waals surface area contributed by atoms with Crippen LogP contribution in [0.1, 0.15) is 5.56 Å². The van der Waals surface area contributed by atoms with Crippen molar-refractivity contribution in [3.05, 3.63) is 54.4 Å². The molecule has 2 rings (SSSR count). The summed E-state index contributed by atoms with van der Waals surface area (Å²) in [6.45, 7) is 1.15. The molecule has 2 aromatic rings. The van der Waals surface area contributed by atoms with Gasteiger partial charge in [0.1, 0.15) is 5.75 Å². The Hall–Kier alpha value is -2.40. The molecule has 0 aliphatic heterocycles. The largest absolute Gasteiger partial charge is 0.495 e. The second-order valence-electron chi connectivity index (χ2n) is 5.09. The van der Waals surface area contributed by atoms with Gasteiger partial charge in [0.05, 0.1) is 19.3 Å². The molecule has 1 aromatic carbocycles. The van der Waals surface area contributed by atoms with Gasteiger partial charge in [-0.05, 0) is 43.3 Å². The zero-order valence-electron chi connectivity index (χ0n) is 13.0. The van der Waals surface area contributed by atoms with Gasteiger partial charge in [0.2, 0.25) is 5.91 Å². The van der Waals surface area contributed by atoms with Crippen molar-refractivity contribution in [2.24, 2.45) is 0 Å². The Morgan fingerprint density at radius 1 is 1.23 bits per heavy atom. The van der Waals surface area contributed by atoms with E-state index in [9.17, 15) is 4.79 Å². The predicted octanol–water partition coefficient (Wildman–Crippen LogP) is 2.20. The summed E-state index contributed by atoms with van der Waals surface area (Å²) < 4.78 is 5.22. The van der Waals surface area contributed by atoms with Gasteiger partial charge in [-0.3, -0.25) is 14.7 Å². The van der Waals surface area contributed by atoms with Gasteiger partial charge >= 0.3 is 0 Å². The molecule has 0 saturated heterocycles. The number of anilines is 1. The molecule has 22 heavy (non-hydrogen) atoms. The quantitative estimate of drug-likeness (QED) is 0.851. The normalized spacial score (nSPS) is 10.5. The average Bonchev–Trinajstić information content (AvgIpc) is 2.54. The summed E-state index contributed by atoms with van der Waals surface area (Å²) in [5.41, 5.74) is 1.91. The fraction of sp³-hybridized carbons (Fsp3) is 0.294. The lowest BCUT2D eigenvalue weighted by Crippen LogP contribution is -2.31. The zero-order valence-corrected chi connectivity index (χ0v) is 13.0. The average molecular weight is 299 g/mol. The lowest BCUT2D eigenvalue weighted by atomic mass is 10.2. The molecular weight excluding hydrogens is 278 g/mol. The maximum absolute atomic E-state index is 12.1. The SMILES string of the molecule is COc1ccccc1NC(=O)CN(C)CCc1ccncc1. The third-order valence-electron chi connectivity index (χ3n) is 3.33. The van der Waals surface area contributed by atoms with Crippen LogP contribution in [-0.2, 0) is 11.2 Å². The summed E-state index contributed by atoms with van der Waals surface area (Å²) in [5, 5.41) is 2.87. The molecule has 0 bridgehead atoms. The molecule has 0 saturated carbocycles. The van der Waals surface area contributed by atoms with Crippen LogP contribution >= 0.6 is 0 Å². The van der Waals surface area contributed by atoms with Crippen LogP contribution in [0.15, 0.2) is 48.8 Å². The standard InChI is InChI=1S/C17H21N3O2/c1-20(12-9-14-7-10-18-11-8-14)13-17(21)19-15-5-3-4-6-16(15)22-2/h3-8,10-11H,9,12-13H2,1-2H3,(H,19,21). The molecule has 0 unspecified atom stereocenters. The summed E-state index contributed by atoms with van der Waals surface area (Å²) in [6, 6.07) is 11.4.